The third-order valence-corrected chi connectivity index (χ3v) is 4.97. The van der Waals surface area contributed by atoms with Gasteiger partial charge >= 0.3 is 0 Å². The van der Waals surface area contributed by atoms with Crippen molar-refractivity contribution < 1.29 is 9.53 Å². The zero-order chi connectivity index (χ0) is 21.5. The van der Waals surface area contributed by atoms with Crippen LogP contribution in [0.3, 0.4) is 0 Å². The second-order valence-corrected chi connectivity index (χ2v) is 7.00. The lowest BCUT2D eigenvalue weighted by molar-refractivity contribution is -0.116. The molecule has 5 nitrogen and oxygen atoms in total. The van der Waals surface area contributed by atoms with Gasteiger partial charge in [0.2, 0.25) is 5.91 Å². The predicted octanol–water partition coefficient (Wildman–Crippen LogP) is 4.80. The van der Waals surface area contributed by atoms with E-state index in [0.29, 0.717) is 5.75 Å². The van der Waals surface area contributed by atoms with Crippen molar-refractivity contribution in [2.45, 2.75) is 6.04 Å². The van der Waals surface area contributed by atoms with Gasteiger partial charge in [0, 0.05) is 18.5 Å². The van der Waals surface area contributed by atoms with Crippen LogP contribution in [0.1, 0.15) is 22.7 Å². The fraction of sp³-hybridized carbons (Fsp3) is 0.0769. The number of carbonyl (C=O) groups is 1. The molecule has 1 heterocycles. The molecule has 0 aliphatic carbocycles. The van der Waals surface area contributed by atoms with Crippen molar-refractivity contribution in [3.8, 4) is 11.4 Å². The van der Waals surface area contributed by atoms with Crippen LogP contribution in [0.4, 0.5) is 0 Å². The number of hydrogen-bond acceptors (Lipinski definition) is 3. The van der Waals surface area contributed by atoms with Crippen LogP contribution in [0.5, 0.6) is 5.75 Å². The van der Waals surface area contributed by atoms with Gasteiger partial charge in [-0.15, -0.1) is 0 Å². The number of nitrogens with one attached hydrogen (secondary N) is 1. The Hall–Kier alpha value is -4.12. The normalized spacial score (nSPS) is 11.0. The van der Waals surface area contributed by atoms with Crippen molar-refractivity contribution in [3.05, 3.63) is 120 Å². The minimum Gasteiger partial charge on any atom is -0.495 e. The smallest absolute Gasteiger partial charge is 0.244 e. The molecule has 1 aromatic heterocycles. The molecule has 154 valence electrons. The Kier molecular flexibility index (Phi) is 6.24. The van der Waals surface area contributed by atoms with Crippen molar-refractivity contribution in [3.63, 3.8) is 0 Å². The number of imidazole rings is 1. The average molecular weight is 409 g/mol. The van der Waals surface area contributed by atoms with Gasteiger partial charge in [-0.05, 0) is 34.9 Å². The first kappa shape index (κ1) is 20.2. The van der Waals surface area contributed by atoms with E-state index >= 15 is 0 Å². The summed E-state index contributed by atoms with van der Waals surface area (Å²) in [5.41, 5.74) is 3.81. The summed E-state index contributed by atoms with van der Waals surface area (Å²) in [7, 11) is 1.63. The van der Waals surface area contributed by atoms with Gasteiger partial charge in [0.1, 0.15) is 5.75 Å². The number of methoxy groups -OCH3 is 1. The van der Waals surface area contributed by atoms with Crippen molar-refractivity contribution >= 4 is 12.0 Å². The monoisotopic (exact) mass is 409 g/mol. The molecule has 31 heavy (non-hydrogen) atoms. The number of hydrogen-bond donors (Lipinski definition) is 1. The van der Waals surface area contributed by atoms with Gasteiger partial charge < -0.3 is 14.6 Å². The summed E-state index contributed by atoms with van der Waals surface area (Å²) in [5, 5.41) is 3.11. The molecule has 0 aliphatic heterocycles. The molecule has 1 N–H and O–H groups in total. The Morgan fingerprint density at radius 2 is 1.68 bits per heavy atom. The van der Waals surface area contributed by atoms with Crippen molar-refractivity contribution in [2.24, 2.45) is 0 Å². The number of ether oxygens (including phenoxy) is 1. The highest BCUT2D eigenvalue weighted by Gasteiger charge is 2.15. The standard InChI is InChI=1S/C26H23N3O2/c1-31-24-18-20(12-14-23(24)29-17-16-27-19-29)13-15-25(30)28-26(21-8-4-2-5-9-21)22-10-6-3-7-11-22/h2-19,26H,1H3,(H,28,30). The summed E-state index contributed by atoms with van der Waals surface area (Å²) in [6.45, 7) is 0. The lowest BCUT2D eigenvalue weighted by atomic mass is 9.98. The molecule has 0 spiro atoms. The van der Waals surface area contributed by atoms with Crippen LogP contribution in [0.25, 0.3) is 11.8 Å². The molecule has 4 aromatic rings. The van der Waals surface area contributed by atoms with Crippen LogP contribution in [0.15, 0.2) is 104 Å². The van der Waals surface area contributed by atoms with Crippen LogP contribution in [0, 0.1) is 0 Å². The maximum absolute atomic E-state index is 12.7. The fourth-order valence-electron chi connectivity index (χ4n) is 3.43. The van der Waals surface area contributed by atoms with Crippen molar-refractivity contribution in [1.82, 2.24) is 14.9 Å². The van der Waals surface area contributed by atoms with Crippen molar-refractivity contribution in [2.75, 3.05) is 7.11 Å². The van der Waals surface area contributed by atoms with Gasteiger partial charge in [-0.25, -0.2) is 4.98 Å². The van der Waals surface area contributed by atoms with Crippen LogP contribution in [-0.4, -0.2) is 22.6 Å². The Morgan fingerprint density at radius 3 is 2.26 bits per heavy atom. The number of nitrogens with zero attached hydrogens (tertiary/aromatic N) is 2. The SMILES string of the molecule is COc1cc(C=CC(=O)NC(c2ccccc2)c2ccccc2)ccc1-n1ccnc1. The molecule has 1 amide bonds. The largest absolute Gasteiger partial charge is 0.495 e. The number of rotatable bonds is 7. The number of carbonyl (C=O) groups excluding carboxylic acids is 1. The topological polar surface area (TPSA) is 56.1 Å². The van der Waals surface area contributed by atoms with E-state index in [-0.39, 0.29) is 11.9 Å². The average Bonchev–Trinajstić information content (AvgIpc) is 3.37. The zero-order valence-corrected chi connectivity index (χ0v) is 17.2. The molecule has 0 bridgehead atoms. The van der Waals surface area contributed by atoms with E-state index in [0.717, 1.165) is 22.4 Å². The maximum atomic E-state index is 12.7. The Labute approximate surface area is 181 Å². The minimum absolute atomic E-state index is 0.171. The summed E-state index contributed by atoms with van der Waals surface area (Å²) in [5.74, 6) is 0.530. The molecular formula is C26H23N3O2. The molecular weight excluding hydrogens is 386 g/mol. The van der Waals surface area contributed by atoms with Gasteiger partial charge in [0.05, 0.1) is 25.2 Å². The number of benzene rings is 3. The first-order valence-electron chi connectivity index (χ1n) is 9.99. The highest BCUT2D eigenvalue weighted by atomic mass is 16.5. The van der Waals surface area contributed by atoms with Gasteiger partial charge in [-0.3, -0.25) is 4.79 Å². The van der Waals surface area contributed by atoms with Crippen LogP contribution < -0.4 is 10.1 Å². The van der Waals surface area contributed by atoms with E-state index in [2.05, 4.69) is 10.3 Å². The summed E-state index contributed by atoms with van der Waals surface area (Å²) in [6.07, 6.45) is 8.61. The Morgan fingerprint density at radius 1 is 1.00 bits per heavy atom. The third kappa shape index (κ3) is 4.90. The highest BCUT2D eigenvalue weighted by Crippen LogP contribution is 2.25. The summed E-state index contributed by atoms with van der Waals surface area (Å²) >= 11 is 0. The van der Waals surface area contributed by atoms with E-state index < -0.39 is 0 Å². The quantitative estimate of drug-likeness (QED) is 0.446. The second-order valence-electron chi connectivity index (χ2n) is 7.00. The molecule has 5 heteroatoms. The van der Waals surface area contributed by atoms with E-state index in [1.54, 1.807) is 31.8 Å². The van der Waals surface area contributed by atoms with Gasteiger partial charge in [0.25, 0.3) is 0 Å². The first-order valence-corrected chi connectivity index (χ1v) is 9.99. The third-order valence-electron chi connectivity index (χ3n) is 4.97. The fourth-order valence-corrected chi connectivity index (χ4v) is 3.43. The second kappa shape index (κ2) is 9.59. The predicted molar refractivity (Wildman–Crippen MR) is 122 cm³/mol. The summed E-state index contributed by atoms with van der Waals surface area (Å²) in [4.78, 5) is 16.8. The van der Waals surface area contributed by atoms with E-state index in [1.807, 2.05) is 89.6 Å². The summed E-state index contributed by atoms with van der Waals surface area (Å²) < 4.78 is 7.39. The molecule has 4 rings (SSSR count). The number of amides is 1. The molecule has 3 aromatic carbocycles. The molecule has 0 saturated heterocycles. The van der Waals surface area contributed by atoms with Crippen LogP contribution in [0.2, 0.25) is 0 Å². The lowest BCUT2D eigenvalue weighted by Gasteiger charge is -2.19. The Bertz CT molecular complexity index is 1110. The van der Waals surface area contributed by atoms with E-state index in [9.17, 15) is 4.79 Å². The van der Waals surface area contributed by atoms with Crippen LogP contribution in [-0.2, 0) is 4.79 Å². The number of aromatic nitrogens is 2. The van der Waals surface area contributed by atoms with E-state index in [4.69, 9.17) is 4.74 Å². The van der Waals surface area contributed by atoms with Gasteiger partial charge in [-0.1, -0.05) is 66.7 Å². The maximum Gasteiger partial charge on any atom is 0.244 e. The molecule has 0 aliphatic rings. The molecule has 0 atom stereocenters. The molecule has 0 radical (unpaired) electrons. The first-order chi connectivity index (χ1) is 15.2. The lowest BCUT2D eigenvalue weighted by Crippen LogP contribution is -2.27. The summed E-state index contributed by atoms with van der Waals surface area (Å²) in [6, 6.07) is 25.4. The van der Waals surface area contributed by atoms with Gasteiger partial charge in [0.15, 0.2) is 0 Å². The molecule has 0 fully saturated rings. The highest BCUT2D eigenvalue weighted by molar-refractivity contribution is 5.92. The van der Waals surface area contributed by atoms with Crippen molar-refractivity contribution in [1.29, 1.82) is 0 Å². The van der Waals surface area contributed by atoms with E-state index in [1.165, 1.54) is 0 Å². The van der Waals surface area contributed by atoms with Crippen LogP contribution >= 0.6 is 0 Å². The minimum atomic E-state index is -0.224. The zero-order valence-electron chi connectivity index (χ0n) is 17.2. The van der Waals surface area contributed by atoms with Gasteiger partial charge in [-0.2, -0.15) is 0 Å². The molecule has 0 unspecified atom stereocenters. The molecule has 0 saturated carbocycles. The Balaban J connectivity index is 1.53.